The van der Waals surface area contributed by atoms with E-state index in [1.54, 1.807) is 24.3 Å². The molecular weight excluding hydrogens is 312 g/mol. The van der Waals surface area contributed by atoms with Crippen molar-refractivity contribution in [3.63, 3.8) is 0 Å². The van der Waals surface area contributed by atoms with Crippen molar-refractivity contribution < 1.29 is 8.78 Å². The zero-order valence-electron chi connectivity index (χ0n) is 13.4. The Morgan fingerprint density at radius 3 is 2.67 bits per heavy atom. The topological polar surface area (TPSA) is 49.0 Å². The van der Waals surface area contributed by atoms with E-state index in [1.807, 2.05) is 24.9 Å². The molecular formula is C18H17F2N3O. The van der Waals surface area contributed by atoms with Gasteiger partial charge in [0.15, 0.2) is 11.6 Å². The molecule has 0 aliphatic heterocycles. The first-order valence-electron chi connectivity index (χ1n) is 7.59. The van der Waals surface area contributed by atoms with Gasteiger partial charge in [-0.15, -0.1) is 0 Å². The first-order chi connectivity index (χ1) is 11.5. The van der Waals surface area contributed by atoms with Crippen LogP contribution < -0.4 is 5.56 Å². The molecule has 0 spiro atoms. The number of nitrogens with one attached hydrogen (secondary N) is 1. The largest absolute Gasteiger partial charge is 0.309 e. The molecule has 1 N–H and O–H groups in total. The number of hydrogen-bond donors (Lipinski definition) is 1. The minimum Gasteiger partial charge on any atom is -0.309 e. The van der Waals surface area contributed by atoms with Crippen LogP contribution in [0.5, 0.6) is 0 Å². The number of para-hydroxylation sites is 1. The van der Waals surface area contributed by atoms with E-state index < -0.39 is 11.6 Å². The first kappa shape index (κ1) is 16.3. The predicted molar refractivity (Wildman–Crippen MR) is 88.6 cm³/mol. The SMILES string of the molecule is C[C@@H](c1ccc(F)c(F)c1)N(C)Cc1nc2ccccc2c(=O)[nH]1. The molecule has 0 aliphatic carbocycles. The predicted octanol–water partition coefficient (Wildman–Crippen LogP) is 3.39. The highest BCUT2D eigenvalue weighted by molar-refractivity contribution is 5.77. The Kier molecular flexibility index (Phi) is 4.40. The Morgan fingerprint density at radius 2 is 1.92 bits per heavy atom. The van der Waals surface area contributed by atoms with E-state index in [1.165, 1.54) is 6.07 Å². The van der Waals surface area contributed by atoms with Gasteiger partial charge in [-0.1, -0.05) is 18.2 Å². The highest BCUT2D eigenvalue weighted by atomic mass is 19.2. The number of benzene rings is 2. The van der Waals surface area contributed by atoms with Gasteiger partial charge in [0.2, 0.25) is 0 Å². The summed E-state index contributed by atoms with van der Waals surface area (Å²) in [6.45, 7) is 2.26. The van der Waals surface area contributed by atoms with Gasteiger partial charge in [0.25, 0.3) is 5.56 Å². The van der Waals surface area contributed by atoms with E-state index in [0.717, 1.165) is 6.07 Å². The number of H-pyrrole nitrogens is 1. The fourth-order valence-electron chi connectivity index (χ4n) is 2.61. The minimum absolute atomic E-state index is 0.170. The second-order valence-corrected chi connectivity index (χ2v) is 5.79. The van der Waals surface area contributed by atoms with Crippen LogP contribution in [0.15, 0.2) is 47.3 Å². The molecule has 0 saturated heterocycles. The molecule has 124 valence electrons. The molecule has 3 aromatic rings. The molecule has 0 radical (unpaired) electrons. The number of hydrogen-bond acceptors (Lipinski definition) is 3. The molecule has 0 aliphatic rings. The average molecular weight is 329 g/mol. The van der Waals surface area contributed by atoms with Gasteiger partial charge in [0.05, 0.1) is 17.4 Å². The lowest BCUT2D eigenvalue weighted by Gasteiger charge is -2.24. The normalized spacial score (nSPS) is 12.7. The van der Waals surface area contributed by atoms with Crippen molar-refractivity contribution in [3.05, 3.63) is 75.8 Å². The monoisotopic (exact) mass is 329 g/mol. The smallest absolute Gasteiger partial charge is 0.258 e. The summed E-state index contributed by atoms with van der Waals surface area (Å²) < 4.78 is 26.5. The van der Waals surface area contributed by atoms with Gasteiger partial charge in [-0.25, -0.2) is 13.8 Å². The standard InChI is InChI=1S/C18H17F2N3O/c1-11(12-7-8-14(19)15(20)9-12)23(2)10-17-21-16-6-4-3-5-13(16)18(24)22-17/h3-9,11H,10H2,1-2H3,(H,21,22,24)/t11-/m0/s1. The molecule has 2 aromatic carbocycles. The van der Waals surface area contributed by atoms with Crippen molar-refractivity contribution in [2.24, 2.45) is 0 Å². The molecule has 1 aromatic heterocycles. The lowest BCUT2D eigenvalue weighted by molar-refractivity contribution is 0.246. The summed E-state index contributed by atoms with van der Waals surface area (Å²) in [6.07, 6.45) is 0. The van der Waals surface area contributed by atoms with Crippen LogP contribution in [0.3, 0.4) is 0 Å². The molecule has 0 amide bonds. The fraction of sp³-hybridized carbons (Fsp3) is 0.222. The molecule has 1 heterocycles. The average Bonchev–Trinajstić information content (AvgIpc) is 2.56. The van der Waals surface area contributed by atoms with Crippen molar-refractivity contribution in [3.8, 4) is 0 Å². The quantitative estimate of drug-likeness (QED) is 0.798. The number of halogens is 2. The summed E-state index contributed by atoms with van der Waals surface area (Å²) in [5.74, 6) is -1.21. The van der Waals surface area contributed by atoms with E-state index in [9.17, 15) is 13.6 Å². The maximum absolute atomic E-state index is 13.4. The molecule has 3 rings (SSSR count). The van der Waals surface area contributed by atoms with Crippen LogP contribution in [0.1, 0.15) is 24.4 Å². The first-order valence-corrected chi connectivity index (χ1v) is 7.59. The van der Waals surface area contributed by atoms with Crippen molar-refractivity contribution in [1.82, 2.24) is 14.9 Å². The van der Waals surface area contributed by atoms with E-state index in [2.05, 4.69) is 9.97 Å². The van der Waals surface area contributed by atoms with Gasteiger partial charge in [-0.05, 0) is 43.8 Å². The van der Waals surface area contributed by atoms with Gasteiger partial charge >= 0.3 is 0 Å². The molecule has 6 heteroatoms. The highest BCUT2D eigenvalue weighted by Gasteiger charge is 2.15. The van der Waals surface area contributed by atoms with Crippen molar-refractivity contribution >= 4 is 10.9 Å². The van der Waals surface area contributed by atoms with Crippen LogP contribution in [0.2, 0.25) is 0 Å². The molecule has 0 fully saturated rings. The summed E-state index contributed by atoms with van der Waals surface area (Å²) in [4.78, 5) is 21.2. The lowest BCUT2D eigenvalue weighted by Crippen LogP contribution is -2.25. The third-order valence-electron chi connectivity index (χ3n) is 4.15. The molecule has 0 saturated carbocycles. The minimum atomic E-state index is -0.870. The maximum atomic E-state index is 13.4. The molecule has 1 atom stereocenters. The van der Waals surface area contributed by atoms with Gasteiger partial charge in [-0.2, -0.15) is 0 Å². The Hall–Kier alpha value is -2.60. The van der Waals surface area contributed by atoms with Crippen LogP contribution in [0.4, 0.5) is 8.78 Å². The number of aromatic nitrogens is 2. The summed E-state index contributed by atoms with van der Waals surface area (Å²) in [6, 6.07) is 10.8. The second kappa shape index (κ2) is 6.49. The summed E-state index contributed by atoms with van der Waals surface area (Å²) >= 11 is 0. The van der Waals surface area contributed by atoms with Crippen LogP contribution in [-0.4, -0.2) is 21.9 Å². The number of rotatable bonds is 4. The van der Waals surface area contributed by atoms with Crippen LogP contribution >= 0.6 is 0 Å². The maximum Gasteiger partial charge on any atom is 0.258 e. The summed E-state index contributed by atoms with van der Waals surface area (Å²) in [7, 11) is 1.83. The fourth-order valence-corrected chi connectivity index (χ4v) is 2.61. The Labute approximate surface area is 137 Å². The Balaban J connectivity index is 1.84. The number of nitrogens with zero attached hydrogens (tertiary/aromatic N) is 2. The Morgan fingerprint density at radius 1 is 1.17 bits per heavy atom. The van der Waals surface area contributed by atoms with Crippen molar-refractivity contribution in [1.29, 1.82) is 0 Å². The van der Waals surface area contributed by atoms with Crippen LogP contribution in [0, 0.1) is 11.6 Å². The van der Waals surface area contributed by atoms with Gasteiger partial charge in [0.1, 0.15) is 5.82 Å². The molecule has 4 nitrogen and oxygen atoms in total. The molecule has 24 heavy (non-hydrogen) atoms. The number of aromatic amines is 1. The summed E-state index contributed by atoms with van der Waals surface area (Å²) in [5.41, 5.74) is 1.09. The Bertz CT molecular complexity index is 939. The van der Waals surface area contributed by atoms with Gasteiger partial charge in [0, 0.05) is 6.04 Å². The van der Waals surface area contributed by atoms with E-state index in [4.69, 9.17) is 0 Å². The van der Waals surface area contributed by atoms with Crippen molar-refractivity contribution in [2.75, 3.05) is 7.05 Å². The third kappa shape index (κ3) is 3.19. The zero-order valence-corrected chi connectivity index (χ0v) is 13.4. The zero-order chi connectivity index (χ0) is 17.3. The lowest BCUT2D eigenvalue weighted by atomic mass is 10.1. The van der Waals surface area contributed by atoms with Gasteiger partial charge in [-0.3, -0.25) is 9.69 Å². The van der Waals surface area contributed by atoms with E-state index >= 15 is 0 Å². The highest BCUT2D eigenvalue weighted by Crippen LogP contribution is 2.22. The molecule has 0 unspecified atom stereocenters. The number of fused-ring (bicyclic) bond motifs is 1. The second-order valence-electron chi connectivity index (χ2n) is 5.79. The van der Waals surface area contributed by atoms with Crippen LogP contribution in [0.25, 0.3) is 10.9 Å². The van der Waals surface area contributed by atoms with Gasteiger partial charge < -0.3 is 4.98 Å². The molecule has 0 bridgehead atoms. The third-order valence-corrected chi connectivity index (χ3v) is 4.15. The van der Waals surface area contributed by atoms with Crippen LogP contribution in [-0.2, 0) is 6.54 Å². The van der Waals surface area contributed by atoms with E-state index in [-0.39, 0.29) is 11.6 Å². The van der Waals surface area contributed by atoms with E-state index in [0.29, 0.717) is 28.8 Å². The van der Waals surface area contributed by atoms with Crippen molar-refractivity contribution in [2.45, 2.75) is 19.5 Å². The summed E-state index contributed by atoms with van der Waals surface area (Å²) in [5, 5.41) is 0.539.